The minimum atomic E-state index is -0.874. The van der Waals surface area contributed by atoms with Gasteiger partial charge in [-0.05, 0) is 17.7 Å². The molecule has 1 saturated heterocycles. The summed E-state index contributed by atoms with van der Waals surface area (Å²) in [5.74, 6) is -1.03. The molecule has 7 nitrogen and oxygen atoms in total. The van der Waals surface area contributed by atoms with Crippen LogP contribution in [-0.4, -0.2) is 40.8 Å². The van der Waals surface area contributed by atoms with Crippen LogP contribution < -0.4 is 10.2 Å². The Balaban J connectivity index is 1.52. The third-order valence-corrected chi connectivity index (χ3v) is 5.91. The van der Waals surface area contributed by atoms with Gasteiger partial charge in [-0.15, -0.1) is 11.3 Å². The lowest BCUT2D eigenvalue weighted by atomic mass is 10.0. The summed E-state index contributed by atoms with van der Waals surface area (Å²) < 4.78 is 20.9. The number of carboxylic acids is 1. The second kappa shape index (κ2) is 9.19. The topological polar surface area (TPSA) is 87.6 Å². The van der Waals surface area contributed by atoms with E-state index in [1.165, 1.54) is 17.7 Å². The third-order valence-electron chi connectivity index (χ3n) is 4.83. The van der Waals surface area contributed by atoms with E-state index in [1.54, 1.807) is 6.07 Å². The van der Waals surface area contributed by atoms with E-state index in [4.69, 9.17) is 9.84 Å². The zero-order valence-corrected chi connectivity index (χ0v) is 16.9. The molecule has 1 atom stereocenters. The first-order valence-corrected chi connectivity index (χ1v) is 10.4. The van der Waals surface area contributed by atoms with Crippen molar-refractivity contribution in [1.29, 1.82) is 0 Å². The Kier molecular flexibility index (Phi) is 6.20. The number of carboxylic acid groups (broad SMARTS) is 1. The number of anilines is 2. The van der Waals surface area contributed by atoms with Gasteiger partial charge >= 0.3 is 5.97 Å². The van der Waals surface area contributed by atoms with E-state index in [0.29, 0.717) is 26.3 Å². The molecule has 1 fully saturated rings. The number of rotatable bonds is 7. The predicted octanol–water partition coefficient (Wildman–Crippen LogP) is 3.49. The van der Waals surface area contributed by atoms with E-state index in [2.05, 4.69) is 15.3 Å². The number of ether oxygens (including phenoxy) is 1. The van der Waals surface area contributed by atoms with Crippen molar-refractivity contribution in [3.05, 3.63) is 69.9 Å². The molecule has 2 N–H and O–H groups in total. The number of benzene rings is 1. The quantitative estimate of drug-likeness (QED) is 0.596. The lowest BCUT2D eigenvalue weighted by molar-refractivity contribution is -0.136. The summed E-state index contributed by atoms with van der Waals surface area (Å²) in [7, 11) is 0. The highest BCUT2D eigenvalue weighted by Crippen LogP contribution is 2.32. The van der Waals surface area contributed by atoms with Crippen LogP contribution in [0.5, 0.6) is 0 Å². The highest BCUT2D eigenvalue weighted by atomic mass is 32.1. The molecular weight excluding hydrogens is 407 g/mol. The lowest BCUT2D eigenvalue weighted by Crippen LogP contribution is -2.40. The Hall–Kier alpha value is -3.04. The molecular formula is C21H21FN4O3S. The molecule has 1 aromatic carbocycles. The monoisotopic (exact) mass is 428 g/mol. The molecule has 0 radical (unpaired) electrons. The van der Waals surface area contributed by atoms with Gasteiger partial charge in [0.2, 0.25) is 5.82 Å². The van der Waals surface area contributed by atoms with Gasteiger partial charge in [0.05, 0.1) is 32.2 Å². The molecule has 0 amide bonds. The summed E-state index contributed by atoms with van der Waals surface area (Å²) in [6, 6.07) is 13.3. The van der Waals surface area contributed by atoms with Crippen molar-refractivity contribution < 1.29 is 19.0 Å². The van der Waals surface area contributed by atoms with Crippen molar-refractivity contribution in [3.63, 3.8) is 0 Å². The second-order valence-corrected chi connectivity index (χ2v) is 8.10. The number of nitrogens with zero attached hydrogens (tertiary/aromatic N) is 3. The molecule has 9 heteroatoms. The molecule has 2 aromatic heterocycles. The largest absolute Gasteiger partial charge is 0.481 e. The van der Waals surface area contributed by atoms with Crippen LogP contribution in [0.1, 0.15) is 21.4 Å². The number of aromatic nitrogens is 2. The highest BCUT2D eigenvalue weighted by Gasteiger charge is 2.29. The van der Waals surface area contributed by atoms with Crippen LogP contribution in [-0.2, 0) is 22.5 Å². The van der Waals surface area contributed by atoms with E-state index in [0.717, 1.165) is 15.3 Å². The molecule has 1 aliphatic heterocycles. The molecule has 156 valence electrons. The fourth-order valence-corrected chi connectivity index (χ4v) is 4.37. The van der Waals surface area contributed by atoms with E-state index < -0.39 is 11.8 Å². The average Bonchev–Trinajstić information content (AvgIpc) is 3.20. The number of carbonyl (C=O) groups is 1. The Morgan fingerprint density at radius 2 is 2.03 bits per heavy atom. The van der Waals surface area contributed by atoms with Crippen molar-refractivity contribution in [1.82, 2.24) is 9.97 Å². The fourth-order valence-electron chi connectivity index (χ4n) is 3.42. The van der Waals surface area contributed by atoms with Crippen LogP contribution in [0.4, 0.5) is 16.0 Å². The van der Waals surface area contributed by atoms with Gasteiger partial charge in [0.15, 0.2) is 11.6 Å². The van der Waals surface area contributed by atoms with Crippen molar-refractivity contribution in [2.75, 3.05) is 30.0 Å². The summed E-state index contributed by atoms with van der Waals surface area (Å²) in [6.07, 6.45) is 1.33. The number of morpholine rings is 1. The van der Waals surface area contributed by atoms with Crippen LogP contribution >= 0.6 is 11.3 Å². The highest BCUT2D eigenvalue weighted by molar-refractivity contribution is 7.12. The van der Waals surface area contributed by atoms with Crippen LogP contribution in [0.15, 0.2) is 48.8 Å². The molecule has 0 bridgehead atoms. The summed E-state index contributed by atoms with van der Waals surface area (Å²) >= 11 is 1.38. The first-order chi connectivity index (χ1) is 14.6. The predicted molar refractivity (Wildman–Crippen MR) is 112 cm³/mol. The minimum absolute atomic E-state index is 0.0193. The summed E-state index contributed by atoms with van der Waals surface area (Å²) in [5.41, 5.74) is 1.04. The summed E-state index contributed by atoms with van der Waals surface area (Å²) in [6.45, 7) is 1.83. The fraction of sp³-hybridized carbons (Fsp3) is 0.286. The van der Waals surface area contributed by atoms with Gasteiger partial charge in [-0.25, -0.2) is 9.97 Å². The Labute approximate surface area is 177 Å². The molecule has 1 aliphatic rings. The van der Waals surface area contributed by atoms with Crippen LogP contribution in [0.25, 0.3) is 0 Å². The first kappa shape index (κ1) is 20.2. The minimum Gasteiger partial charge on any atom is -0.481 e. The molecule has 3 aromatic rings. The number of hydrogen-bond acceptors (Lipinski definition) is 7. The zero-order chi connectivity index (χ0) is 20.9. The SMILES string of the molecule is O=C(O)Cc1ccc(CNc2ncnc(N3CCOCC3c3ccccc3)c2F)s1. The van der Waals surface area contributed by atoms with E-state index >= 15 is 4.39 Å². The number of nitrogens with one attached hydrogen (secondary N) is 1. The van der Waals surface area contributed by atoms with Crippen LogP contribution in [0, 0.1) is 5.82 Å². The Morgan fingerprint density at radius 1 is 1.23 bits per heavy atom. The number of halogens is 1. The Bertz CT molecular complexity index is 1010. The summed E-state index contributed by atoms with van der Waals surface area (Å²) in [4.78, 5) is 22.7. The van der Waals surface area contributed by atoms with Crippen molar-refractivity contribution in [2.24, 2.45) is 0 Å². The van der Waals surface area contributed by atoms with Gasteiger partial charge < -0.3 is 20.1 Å². The van der Waals surface area contributed by atoms with Crippen molar-refractivity contribution in [3.8, 4) is 0 Å². The third kappa shape index (κ3) is 4.58. The maximum absolute atomic E-state index is 15.3. The second-order valence-electron chi connectivity index (χ2n) is 6.85. The number of aliphatic carboxylic acids is 1. The van der Waals surface area contributed by atoms with Crippen LogP contribution in [0.3, 0.4) is 0 Å². The van der Waals surface area contributed by atoms with Gasteiger partial charge in [-0.2, -0.15) is 4.39 Å². The average molecular weight is 428 g/mol. The zero-order valence-electron chi connectivity index (χ0n) is 16.1. The van der Waals surface area contributed by atoms with Gasteiger partial charge in [0.25, 0.3) is 0 Å². The van der Waals surface area contributed by atoms with E-state index in [9.17, 15) is 4.79 Å². The first-order valence-electron chi connectivity index (χ1n) is 9.55. The van der Waals surface area contributed by atoms with Crippen molar-refractivity contribution >= 4 is 28.9 Å². The van der Waals surface area contributed by atoms with E-state index in [1.807, 2.05) is 41.3 Å². The summed E-state index contributed by atoms with van der Waals surface area (Å²) in [5, 5.41) is 11.9. The molecule has 4 rings (SSSR count). The molecule has 0 aliphatic carbocycles. The smallest absolute Gasteiger partial charge is 0.308 e. The van der Waals surface area contributed by atoms with Gasteiger partial charge in [-0.1, -0.05) is 30.3 Å². The standard InChI is InChI=1S/C21H21FN4O3S/c22-19-20(23-11-16-7-6-15(30-16)10-18(27)28)24-13-25-21(19)26-8-9-29-12-17(26)14-4-2-1-3-5-14/h1-7,13,17H,8-12H2,(H,27,28)(H,23,24,25). The lowest BCUT2D eigenvalue weighted by Gasteiger charge is -2.37. The molecule has 30 heavy (non-hydrogen) atoms. The maximum atomic E-state index is 15.3. The maximum Gasteiger partial charge on any atom is 0.308 e. The van der Waals surface area contributed by atoms with Gasteiger partial charge in [0.1, 0.15) is 6.33 Å². The van der Waals surface area contributed by atoms with Crippen LogP contribution in [0.2, 0.25) is 0 Å². The van der Waals surface area contributed by atoms with E-state index in [-0.39, 0.29) is 24.1 Å². The number of hydrogen-bond donors (Lipinski definition) is 2. The molecule has 0 saturated carbocycles. The molecule has 1 unspecified atom stereocenters. The van der Waals surface area contributed by atoms with Crippen molar-refractivity contribution in [2.45, 2.75) is 19.0 Å². The molecule has 0 spiro atoms. The molecule has 3 heterocycles. The van der Waals surface area contributed by atoms with Gasteiger partial charge in [0, 0.05) is 16.3 Å². The normalized spacial score (nSPS) is 16.4. The number of thiophene rings is 1. The Morgan fingerprint density at radius 3 is 2.83 bits per heavy atom. The van der Waals surface area contributed by atoms with Gasteiger partial charge in [-0.3, -0.25) is 4.79 Å².